The van der Waals surface area contributed by atoms with Crippen LogP contribution in [0.25, 0.3) is 0 Å². The summed E-state index contributed by atoms with van der Waals surface area (Å²) >= 11 is 3.28. The van der Waals surface area contributed by atoms with Crippen molar-refractivity contribution in [3.63, 3.8) is 0 Å². The first-order valence-electron chi connectivity index (χ1n) is 4.42. The van der Waals surface area contributed by atoms with E-state index in [0.717, 1.165) is 29.7 Å². The Balaban J connectivity index is 2.42. The first-order chi connectivity index (χ1) is 6.74. The zero-order valence-corrected chi connectivity index (χ0v) is 9.60. The number of anilines is 1. The maximum atomic E-state index is 12.7. The van der Waals surface area contributed by atoms with Crippen LogP contribution in [0.3, 0.4) is 0 Å². The van der Waals surface area contributed by atoms with Crippen LogP contribution in [0.1, 0.15) is 6.42 Å². The standard InChI is InChI=1S/C10H13BrFNO/c1-14-6-2-5-13-10-4-3-8(12)7-9(10)11/h3-4,7,13H,2,5-6H2,1H3. The van der Waals surface area contributed by atoms with Gasteiger partial charge in [-0.25, -0.2) is 4.39 Å². The molecule has 14 heavy (non-hydrogen) atoms. The molecule has 1 rings (SSSR count). The summed E-state index contributed by atoms with van der Waals surface area (Å²) in [7, 11) is 1.67. The molecule has 0 bridgehead atoms. The third-order valence-electron chi connectivity index (χ3n) is 1.77. The van der Waals surface area contributed by atoms with Gasteiger partial charge >= 0.3 is 0 Å². The molecule has 0 aliphatic heterocycles. The Hall–Kier alpha value is -0.610. The maximum Gasteiger partial charge on any atom is 0.124 e. The Morgan fingerprint density at radius 3 is 2.93 bits per heavy atom. The monoisotopic (exact) mass is 261 g/mol. The number of methoxy groups -OCH3 is 1. The number of hydrogen-bond acceptors (Lipinski definition) is 2. The Bertz CT molecular complexity index is 293. The first-order valence-corrected chi connectivity index (χ1v) is 5.21. The Labute approximate surface area is 91.6 Å². The van der Waals surface area contributed by atoms with Crippen molar-refractivity contribution in [2.45, 2.75) is 6.42 Å². The van der Waals surface area contributed by atoms with E-state index >= 15 is 0 Å². The molecule has 0 heterocycles. The number of hydrogen-bond donors (Lipinski definition) is 1. The average Bonchev–Trinajstić information content (AvgIpc) is 2.15. The highest BCUT2D eigenvalue weighted by Gasteiger charge is 1.99. The van der Waals surface area contributed by atoms with Gasteiger partial charge in [-0.05, 0) is 40.5 Å². The van der Waals surface area contributed by atoms with Crippen LogP contribution >= 0.6 is 15.9 Å². The Morgan fingerprint density at radius 2 is 2.29 bits per heavy atom. The molecule has 0 spiro atoms. The molecule has 0 saturated carbocycles. The maximum absolute atomic E-state index is 12.7. The van der Waals surface area contributed by atoms with Crippen LogP contribution in [0, 0.1) is 5.82 Å². The van der Waals surface area contributed by atoms with Gasteiger partial charge < -0.3 is 10.1 Å². The van der Waals surface area contributed by atoms with Crippen LogP contribution in [0.5, 0.6) is 0 Å². The van der Waals surface area contributed by atoms with Gasteiger partial charge in [0.2, 0.25) is 0 Å². The van der Waals surface area contributed by atoms with Gasteiger partial charge in [0.15, 0.2) is 0 Å². The number of benzene rings is 1. The van der Waals surface area contributed by atoms with Crippen LogP contribution in [0.15, 0.2) is 22.7 Å². The number of rotatable bonds is 5. The highest BCUT2D eigenvalue weighted by Crippen LogP contribution is 2.22. The first kappa shape index (κ1) is 11.5. The second-order valence-corrected chi connectivity index (χ2v) is 3.75. The third-order valence-corrected chi connectivity index (χ3v) is 2.43. The fraction of sp³-hybridized carbons (Fsp3) is 0.400. The van der Waals surface area contributed by atoms with Crippen molar-refractivity contribution in [1.29, 1.82) is 0 Å². The molecule has 1 aromatic carbocycles. The number of nitrogens with one attached hydrogen (secondary N) is 1. The molecule has 0 aromatic heterocycles. The summed E-state index contributed by atoms with van der Waals surface area (Å²) in [6, 6.07) is 4.59. The van der Waals surface area contributed by atoms with Crippen molar-refractivity contribution >= 4 is 21.6 Å². The summed E-state index contributed by atoms with van der Waals surface area (Å²) in [5.41, 5.74) is 0.905. The molecule has 1 N–H and O–H groups in total. The molecule has 0 aliphatic carbocycles. The molecule has 2 nitrogen and oxygen atoms in total. The van der Waals surface area contributed by atoms with E-state index < -0.39 is 0 Å². The van der Waals surface area contributed by atoms with Gasteiger partial charge in [-0.15, -0.1) is 0 Å². The van der Waals surface area contributed by atoms with Crippen molar-refractivity contribution in [1.82, 2.24) is 0 Å². The van der Waals surface area contributed by atoms with Crippen LogP contribution in [-0.2, 0) is 4.74 Å². The molecular formula is C10H13BrFNO. The van der Waals surface area contributed by atoms with E-state index in [1.54, 1.807) is 13.2 Å². The van der Waals surface area contributed by atoms with E-state index in [1.807, 2.05) is 0 Å². The predicted octanol–water partition coefficient (Wildman–Crippen LogP) is 3.04. The lowest BCUT2D eigenvalue weighted by Crippen LogP contribution is -2.05. The molecule has 78 valence electrons. The largest absolute Gasteiger partial charge is 0.385 e. The minimum absolute atomic E-state index is 0.237. The van der Waals surface area contributed by atoms with E-state index in [4.69, 9.17) is 4.74 Å². The minimum atomic E-state index is -0.237. The number of halogens is 2. The van der Waals surface area contributed by atoms with E-state index in [-0.39, 0.29) is 5.82 Å². The van der Waals surface area contributed by atoms with Crippen molar-refractivity contribution in [2.75, 3.05) is 25.6 Å². The summed E-state index contributed by atoms with van der Waals surface area (Å²) in [4.78, 5) is 0. The average molecular weight is 262 g/mol. The van der Waals surface area contributed by atoms with Crippen molar-refractivity contribution in [3.05, 3.63) is 28.5 Å². The normalized spacial score (nSPS) is 10.2. The van der Waals surface area contributed by atoms with Gasteiger partial charge in [0.05, 0.1) is 0 Å². The van der Waals surface area contributed by atoms with Crippen molar-refractivity contribution < 1.29 is 9.13 Å². The third kappa shape index (κ3) is 3.64. The van der Waals surface area contributed by atoms with Gasteiger partial charge in [-0.2, -0.15) is 0 Å². The molecule has 0 unspecified atom stereocenters. The highest BCUT2D eigenvalue weighted by atomic mass is 79.9. The van der Waals surface area contributed by atoms with Crippen LogP contribution in [0.4, 0.5) is 10.1 Å². The lowest BCUT2D eigenvalue weighted by Gasteiger charge is -2.07. The van der Waals surface area contributed by atoms with Gasteiger partial charge in [-0.1, -0.05) is 0 Å². The van der Waals surface area contributed by atoms with Crippen molar-refractivity contribution in [3.8, 4) is 0 Å². The summed E-state index contributed by atoms with van der Waals surface area (Å²) in [6.45, 7) is 1.55. The second kappa shape index (κ2) is 5.98. The van der Waals surface area contributed by atoms with Gasteiger partial charge in [0.1, 0.15) is 5.82 Å². The topological polar surface area (TPSA) is 21.3 Å². The Kier molecular flexibility index (Phi) is 4.90. The molecular weight excluding hydrogens is 249 g/mol. The molecule has 1 aromatic rings. The highest BCUT2D eigenvalue weighted by molar-refractivity contribution is 9.10. The van der Waals surface area contributed by atoms with Gasteiger partial charge in [0, 0.05) is 30.4 Å². The summed E-state index contributed by atoms with van der Waals surface area (Å²) in [5, 5.41) is 3.18. The lowest BCUT2D eigenvalue weighted by atomic mass is 10.3. The van der Waals surface area contributed by atoms with E-state index in [2.05, 4.69) is 21.2 Å². The Morgan fingerprint density at radius 1 is 1.50 bits per heavy atom. The molecule has 0 fully saturated rings. The summed E-state index contributed by atoms with van der Waals surface area (Å²) in [5.74, 6) is -0.237. The summed E-state index contributed by atoms with van der Waals surface area (Å²) in [6.07, 6.45) is 0.931. The SMILES string of the molecule is COCCCNc1ccc(F)cc1Br. The smallest absolute Gasteiger partial charge is 0.124 e. The quantitative estimate of drug-likeness (QED) is 0.823. The molecule has 0 amide bonds. The molecule has 0 saturated heterocycles. The van der Waals surface area contributed by atoms with Crippen LogP contribution in [0.2, 0.25) is 0 Å². The van der Waals surface area contributed by atoms with Crippen LogP contribution in [-0.4, -0.2) is 20.3 Å². The zero-order chi connectivity index (χ0) is 10.4. The van der Waals surface area contributed by atoms with Crippen molar-refractivity contribution in [2.24, 2.45) is 0 Å². The van der Waals surface area contributed by atoms with Gasteiger partial charge in [-0.3, -0.25) is 0 Å². The second-order valence-electron chi connectivity index (χ2n) is 2.90. The molecule has 0 atom stereocenters. The fourth-order valence-corrected chi connectivity index (χ4v) is 1.56. The lowest BCUT2D eigenvalue weighted by molar-refractivity contribution is 0.198. The minimum Gasteiger partial charge on any atom is -0.385 e. The van der Waals surface area contributed by atoms with Crippen LogP contribution < -0.4 is 5.32 Å². The zero-order valence-electron chi connectivity index (χ0n) is 8.02. The van der Waals surface area contributed by atoms with E-state index in [1.165, 1.54) is 12.1 Å². The van der Waals surface area contributed by atoms with E-state index in [9.17, 15) is 4.39 Å². The fourth-order valence-electron chi connectivity index (χ4n) is 1.07. The molecule has 0 radical (unpaired) electrons. The molecule has 0 aliphatic rings. The molecule has 4 heteroatoms. The number of ether oxygens (including phenoxy) is 1. The van der Waals surface area contributed by atoms with Gasteiger partial charge in [0.25, 0.3) is 0 Å². The summed E-state index contributed by atoms with van der Waals surface area (Å²) < 4.78 is 18.4. The predicted molar refractivity (Wildman–Crippen MR) is 59.1 cm³/mol. The van der Waals surface area contributed by atoms with E-state index in [0.29, 0.717) is 0 Å².